The van der Waals surface area contributed by atoms with Crippen molar-refractivity contribution in [3.63, 3.8) is 0 Å². The van der Waals surface area contributed by atoms with E-state index >= 15 is 0 Å². The number of urea groups is 1. The predicted octanol–water partition coefficient (Wildman–Crippen LogP) is 1.15. The molecule has 0 bridgehead atoms. The maximum Gasteiger partial charge on any atom is 0.321 e. The van der Waals surface area contributed by atoms with Crippen LogP contribution in [0.1, 0.15) is 6.92 Å². The van der Waals surface area contributed by atoms with Crippen LogP contribution in [0.4, 0.5) is 16.3 Å². The molecule has 0 aromatic carbocycles. The van der Waals surface area contributed by atoms with E-state index in [0.29, 0.717) is 18.1 Å². The number of carbonyl (C=O) groups is 1. The molecule has 1 heterocycles. The van der Waals surface area contributed by atoms with Crippen LogP contribution < -0.4 is 11.1 Å². The van der Waals surface area contributed by atoms with E-state index in [1.165, 1.54) is 6.20 Å². The molecule has 76 valence electrons. The van der Waals surface area contributed by atoms with Gasteiger partial charge in [0.25, 0.3) is 0 Å². The third-order valence-electron chi connectivity index (χ3n) is 1.86. The van der Waals surface area contributed by atoms with E-state index < -0.39 is 0 Å². The fourth-order valence-corrected chi connectivity index (χ4v) is 0.842. The van der Waals surface area contributed by atoms with Crippen LogP contribution in [0, 0.1) is 0 Å². The molecule has 0 saturated heterocycles. The topological polar surface area (TPSA) is 71.2 Å². The highest BCUT2D eigenvalue weighted by Crippen LogP contribution is 2.07. The van der Waals surface area contributed by atoms with Gasteiger partial charge in [-0.25, -0.2) is 9.78 Å². The number of nitrogens with one attached hydrogen (secondary N) is 1. The molecule has 5 nitrogen and oxygen atoms in total. The Bertz CT molecular complexity index is 309. The zero-order valence-electron chi connectivity index (χ0n) is 8.32. The van der Waals surface area contributed by atoms with Gasteiger partial charge < -0.3 is 16.0 Å². The number of rotatable bonds is 2. The van der Waals surface area contributed by atoms with Crippen LogP contribution in [0.2, 0.25) is 0 Å². The Balaban J connectivity index is 2.60. The number of hydrogen-bond donors (Lipinski definition) is 2. The number of hydrogen-bond acceptors (Lipinski definition) is 3. The molecule has 1 rings (SSSR count). The van der Waals surface area contributed by atoms with E-state index in [-0.39, 0.29) is 6.03 Å². The van der Waals surface area contributed by atoms with Crippen molar-refractivity contribution in [3.05, 3.63) is 18.3 Å². The lowest BCUT2D eigenvalue weighted by Crippen LogP contribution is -2.30. The second kappa shape index (κ2) is 4.45. The van der Waals surface area contributed by atoms with Gasteiger partial charge in [0.05, 0.1) is 11.9 Å². The number of pyridine rings is 1. The number of carbonyl (C=O) groups excluding carboxylic acids is 1. The van der Waals surface area contributed by atoms with E-state index in [1.54, 1.807) is 24.1 Å². The number of nitrogen functional groups attached to an aromatic ring is 1. The Morgan fingerprint density at radius 1 is 1.64 bits per heavy atom. The minimum atomic E-state index is -0.154. The van der Waals surface area contributed by atoms with E-state index in [4.69, 9.17) is 5.73 Å². The van der Waals surface area contributed by atoms with Gasteiger partial charge in [-0.15, -0.1) is 0 Å². The molecule has 0 atom stereocenters. The Kier molecular flexibility index (Phi) is 3.28. The lowest BCUT2D eigenvalue weighted by atomic mass is 10.4. The first-order valence-electron chi connectivity index (χ1n) is 4.37. The van der Waals surface area contributed by atoms with Crippen LogP contribution in [0.5, 0.6) is 0 Å². The maximum atomic E-state index is 11.4. The van der Waals surface area contributed by atoms with E-state index in [9.17, 15) is 4.79 Å². The molecular formula is C9H14N4O. The minimum Gasteiger partial charge on any atom is -0.384 e. The van der Waals surface area contributed by atoms with Crippen LogP contribution in [-0.4, -0.2) is 29.5 Å². The third kappa shape index (κ3) is 2.62. The smallest absolute Gasteiger partial charge is 0.321 e. The Hall–Kier alpha value is -1.78. The van der Waals surface area contributed by atoms with Gasteiger partial charge in [0, 0.05) is 13.6 Å². The van der Waals surface area contributed by atoms with Crippen LogP contribution in [0.15, 0.2) is 18.3 Å². The van der Waals surface area contributed by atoms with Crippen molar-refractivity contribution in [1.82, 2.24) is 9.88 Å². The molecule has 14 heavy (non-hydrogen) atoms. The predicted molar refractivity (Wildman–Crippen MR) is 56.0 cm³/mol. The molecule has 5 heteroatoms. The van der Waals surface area contributed by atoms with Crippen molar-refractivity contribution in [2.24, 2.45) is 0 Å². The van der Waals surface area contributed by atoms with E-state index in [0.717, 1.165) is 0 Å². The van der Waals surface area contributed by atoms with Gasteiger partial charge in [-0.05, 0) is 19.1 Å². The summed E-state index contributed by atoms with van der Waals surface area (Å²) in [5.41, 5.74) is 6.05. The van der Waals surface area contributed by atoms with Gasteiger partial charge in [0.2, 0.25) is 0 Å². The largest absolute Gasteiger partial charge is 0.384 e. The summed E-state index contributed by atoms with van der Waals surface area (Å²) in [6.45, 7) is 2.56. The summed E-state index contributed by atoms with van der Waals surface area (Å²) in [4.78, 5) is 16.8. The first-order valence-corrected chi connectivity index (χ1v) is 4.37. The van der Waals surface area contributed by atoms with Gasteiger partial charge in [0.1, 0.15) is 5.82 Å². The molecule has 0 aliphatic heterocycles. The maximum absolute atomic E-state index is 11.4. The zero-order chi connectivity index (χ0) is 10.6. The highest BCUT2D eigenvalue weighted by molar-refractivity contribution is 5.88. The molecule has 0 saturated carbocycles. The summed E-state index contributed by atoms with van der Waals surface area (Å²) in [6.07, 6.45) is 1.52. The summed E-state index contributed by atoms with van der Waals surface area (Å²) >= 11 is 0. The number of anilines is 2. The Labute approximate surface area is 82.9 Å². The lowest BCUT2D eigenvalue weighted by Gasteiger charge is -2.15. The number of amides is 2. The molecule has 0 aliphatic carbocycles. The summed E-state index contributed by atoms with van der Waals surface area (Å²) in [6, 6.07) is 3.20. The normalized spacial score (nSPS) is 9.57. The van der Waals surface area contributed by atoms with Crippen molar-refractivity contribution in [2.45, 2.75) is 6.92 Å². The standard InChI is InChI=1S/C9H14N4O/c1-3-13(2)9(14)12-7-4-5-8(10)11-6-7/h4-6H,3H2,1-2H3,(H2,10,11)(H,12,14). The molecule has 3 N–H and O–H groups in total. The molecule has 1 aromatic rings. The average Bonchev–Trinajstić information content (AvgIpc) is 2.20. The molecular weight excluding hydrogens is 180 g/mol. The monoisotopic (exact) mass is 194 g/mol. The van der Waals surface area contributed by atoms with Crippen molar-refractivity contribution in [2.75, 3.05) is 24.6 Å². The van der Waals surface area contributed by atoms with Gasteiger partial charge in [0.15, 0.2) is 0 Å². The van der Waals surface area contributed by atoms with Crippen LogP contribution in [-0.2, 0) is 0 Å². The van der Waals surface area contributed by atoms with Gasteiger partial charge in [-0.3, -0.25) is 0 Å². The molecule has 0 spiro atoms. The second-order valence-electron chi connectivity index (χ2n) is 2.92. The molecule has 0 aliphatic rings. The lowest BCUT2D eigenvalue weighted by molar-refractivity contribution is 0.224. The van der Waals surface area contributed by atoms with Crippen LogP contribution >= 0.6 is 0 Å². The van der Waals surface area contributed by atoms with Crippen LogP contribution in [0.25, 0.3) is 0 Å². The second-order valence-corrected chi connectivity index (χ2v) is 2.92. The molecule has 0 unspecified atom stereocenters. The molecule has 0 fully saturated rings. The molecule has 1 aromatic heterocycles. The quantitative estimate of drug-likeness (QED) is 0.741. The van der Waals surface area contributed by atoms with Crippen molar-refractivity contribution < 1.29 is 4.79 Å². The van der Waals surface area contributed by atoms with E-state index in [2.05, 4.69) is 10.3 Å². The van der Waals surface area contributed by atoms with Gasteiger partial charge in [-0.2, -0.15) is 0 Å². The molecule has 0 radical (unpaired) electrons. The summed E-state index contributed by atoms with van der Waals surface area (Å²) in [5, 5.41) is 2.69. The highest BCUT2D eigenvalue weighted by atomic mass is 16.2. The number of nitrogens with two attached hydrogens (primary N) is 1. The average molecular weight is 194 g/mol. The van der Waals surface area contributed by atoms with E-state index in [1.807, 2.05) is 6.92 Å². The molecule has 2 amide bonds. The number of nitrogens with zero attached hydrogens (tertiary/aromatic N) is 2. The van der Waals surface area contributed by atoms with Gasteiger partial charge >= 0.3 is 6.03 Å². The fourth-order valence-electron chi connectivity index (χ4n) is 0.842. The fraction of sp³-hybridized carbons (Fsp3) is 0.333. The first-order chi connectivity index (χ1) is 6.63. The SMILES string of the molecule is CCN(C)C(=O)Nc1ccc(N)nc1. The summed E-state index contributed by atoms with van der Waals surface area (Å²) in [7, 11) is 1.72. The Morgan fingerprint density at radius 2 is 2.36 bits per heavy atom. The van der Waals surface area contributed by atoms with Crippen molar-refractivity contribution in [1.29, 1.82) is 0 Å². The van der Waals surface area contributed by atoms with Crippen molar-refractivity contribution >= 4 is 17.5 Å². The number of aromatic nitrogens is 1. The summed E-state index contributed by atoms with van der Waals surface area (Å²) in [5.74, 6) is 0.437. The third-order valence-corrected chi connectivity index (χ3v) is 1.86. The van der Waals surface area contributed by atoms with Gasteiger partial charge in [-0.1, -0.05) is 0 Å². The van der Waals surface area contributed by atoms with Crippen molar-refractivity contribution in [3.8, 4) is 0 Å². The van der Waals surface area contributed by atoms with Crippen LogP contribution in [0.3, 0.4) is 0 Å². The Morgan fingerprint density at radius 3 is 2.86 bits per heavy atom. The highest BCUT2D eigenvalue weighted by Gasteiger charge is 2.05. The zero-order valence-corrected chi connectivity index (χ0v) is 8.32. The minimum absolute atomic E-state index is 0.154. The summed E-state index contributed by atoms with van der Waals surface area (Å²) < 4.78 is 0. The first kappa shape index (κ1) is 10.3.